The van der Waals surface area contributed by atoms with Crippen LogP contribution in [-0.4, -0.2) is 57.9 Å². The number of fused-ring (bicyclic) bond motifs is 5. The average Bonchev–Trinajstić information content (AvgIpc) is 3.22. The molecule has 4 saturated carbocycles. The van der Waals surface area contributed by atoms with Crippen molar-refractivity contribution in [3.8, 4) is 0 Å². The van der Waals surface area contributed by atoms with Crippen molar-refractivity contribution in [3.05, 3.63) is 0 Å². The molecule has 11 atom stereocenters. The van der Waals surface area contributed by atoms with Crippen molar-refractivity contribution in [2.24, 2.45) is 46.3 Å². The van der Waals surface area contributed by atoms with E-state index < -0.39 is 12.0 Å². The molecule has 4 fully saturated rings. The van der Waals surface area contributed by atoms with E-state index in [1.54, 1.807) is 0 Å². The molecule has 39 heavy (non-hydrogen) atoms. The molecule has 2 amide bonds. The Kier molecular flexibility index (Phi) is 9.36. The van der Waals surface area contributed by atoms with Crippen LogP contribution in [0.5, 0.6) is 0 Å². The number of aliphatic carboxylic acids is 1. The van der Waals surface area contributed by atoms with Gasteiger partial charge in [-0.1, -0.05) is 20.8 Å². The van der Waals surface area contributed by atoms with E-state index in [0.29, 0.717) is 49.0 Å². The Morgan fingerprint density at radius 2 is 1.62 bits per heavy atom. The number of carbonyl (C=O) groups excluding carboxylic acids is 2. The quantitative estimate of drug-likeness (QED) is 0.263. The van der Waals surface area contributed by atoms with Crippen molar-refractivity contribution >= 4 is 17.8 Å². The number of carboxylic acids is 1. The van der Waals surface area contributed by atoms with Crippen molar-refractivity contribution < 1.29 is 29.7 Å². The van der Waals surface area contributed by atoms with Crippen LogP contribution in [0.25, 0.3) is 0 Å². The smallest absolute Gasteiger partial charge is 0.326 e. The largest absolute Gasteiger partial charge is 0.480 e. The van der Waals surface area contributed by atoms with Gasteiger partial charge in [0.15, 0.2) is 0 Å². The van der Waals surface area contributed by atoms with E-state index in [9.17, 15) is 29.7 Å². The Labute approximate surface area is 234 Å². The highest BCUT2D eigenvalue weighted by Gasteiger charge is 2.62. The van der Waals surface area contributed by atoms with E-state index in [1.165, 1.54) is 32.6 Å². The number of hydrogen-bond acceptors (Lipinski definition) is 5. The summed E-state index contributed by atoms with van der Waals surface area (Å²) in [5.41, 5.74) is 0.390. The summed E-state index contributed by atoms with van der Waals surface area (Å²) in [4.78, 5) is 35.0. The maximum absolute atomic E-state index is 12.6. The fraction of sp³-hybridized carbons (Fsp3) is 0.903. The van der Waals surface area contributed by atoms with Gasteiger partial charge in [0.05, 0.1) is 12.2 Å². The Bertz CT molecular complexity index is 912. The summed E-state index contributed by atoms with van der Waals surface area (Å²) < 4.78 is 0. The highest BCUT2D eigenvalue weighted by molar-refractivity contribution is 5.82. The van der Waals surface area contributed by atoms with Crippen LogP contribution in [0, 0.1) is 46.3 Å². The number of aliphatic hydroxyl groups is 2. The van der Waals surface area contributed by atoms with E-state index in [0.717, 1.165) is 32.1 Å². The van der Waals surface area contributed by atoms with Gasteiger partial charge in [-0.05, 0) is 117 Å². The number of amides is 2. The molecule has 0 spiro atoms. The normalized spacial score (nSPS) is 40.9. The number of rotatable bonds is 10. The summed E-state index contributed by atoms with van der Waals surface area (Å²) in [6.07, 6.45) is 9.89. The van der Waals surface area contributed by atoms with E-state index in [1.807, 2.05) is 0 Å². The second-order valence-electron chi connectivity index (χ2n) is 14.0. The first kappa shape index (κ1) is 30.3. The molecule has 5 N–H and O–H groups in total. The molecule has 0 aromatic heterocycles. The lowest BCUT2D eigenvalue weighted by atomic mass is 9.44. The molecule has 0 saturated heterocycles. The van der Waals surface area contributed by atoms with Crippen molar-refractivity contribution in [1.29, 1.82) is 0 Å². The summed E-state index contributed by atoms with van der Waals surface area (Å²) in [7, 11) is 0. The minimum absolute atomic E-state index is 0.00511. The van der Waals surface area contributed by atoms with Crippen LogP contribution in [0.1, 0.15) is 105 Å². The Morgan fingerprint density at radius 1 is 0.923 bits per heavy atom. The van der Waals surface area contributed by atoms with Crippen LogP contribution in [0.15, 0.2) is 0 Å². The van der Waals surface area contributed by atoms with E-state index in [-0.39, 0.29) is 47.2 Å². The molecule has 4 aliphatic carbocycles. The molecule has 0 heterocycles. The first-order valence-corrected chi connectivity index (χ1v) is 15.5. The Balaban J connectivity index is 1.27. The first-order valence-electron chi connectivity index (χ1n) is 15.5. The molecular formula is C31H52N2O6. The summed E-state index contributed by atoms with van der Waals surface area (Å²) in [5, 5.41) is 36.1. The zero-order valence-electron chi connectivity index (χ0n) is 24.5. The number of carbonyl (C=O) groups is 3. The van der Waals surface area contributed by atoms with Crippen LogP contribution in [0.4, 0.5) is 0 Å². The zero-order valence-corrected chi connectivity index (χ0v) is 24.5. The van der Waals surface area contributed by atoms with Crippen LogP contribution in [0.3, 0.4) is 0 Å². The molecule has 4 rings (SSSR count). The SMILES string of the molecule is CC(=O)N[C@@H](CCCNC(=O)CC[C@@H](C)[C@H]1CC[C@H]2[C@@H]3C[C@H](O)[C@@H]4C[C@H](O)CC[C@]4(C)[C@H]3CC[C@]12C)C(=O)O. The third-order valence-electron chi connectivity index (χ3n) is 11.9. The summed E-state index contributed by atoms with van der Waals surface area (Å²) in [5.74, 6) is 1.65. The molecule has 0 aliphatic heterocycles. The van der Waals surface area contributed by atoms with Gasteiger partial charge in [0.1, 0.15) is 6.04 Å². The summed E-state index contributed by atoms with van der Waals surface area (Å²) in [6, 6.07) is -0.922. The maximum atomic E-state index is 12.6. The van der Waals surface area contributed by atoms with Crippen molar-refractivity contribution in [3.63, 3.8) is 0 Å². The lowest BCUT2D eigenvalue weighted by Gasteiger charge is -2.62. The van der Waals surface area contributed by atoms with E-state index >= 15 is 0 Å². The molecule has 222 valence electrons. The Hall–Kier alpha value is -1.67. The van der Waals surface area contributed by atoms with Gasteiger partial charge in [-0.15, -0.1) is 0 Å². The number of hydrogen-bond donors (Lipinski definition) is 5. The third kappa shape index (κ3) is 6.17. The van der Waals surface area contributed by atoms with Gasteiger partial charge in [-0.2, -0.15) is 0 Å². The molecular weight excluding hydrogens is 496 g/mol. The molecule has 0 bridgehead atoms. The van der Waals surface area contributed by atoms with Gasteiger partial charge in [0, 0.05) is 19.9 Å². The van der Waals surface area contributed by atoms with Gasteiger partial charge < -0.3 is 26.0 Å². The van der Waals surface area contributed by atoms with E-state index in [2.05, 4.69) is 31.4 Å². The molecule has 0 aromatic rings. The second-order valence-corrected chi connectivity index (χ2v) is 14.0. The maximum Gasteiger partial charge on any atom is 0.326 e. The monoisotopic (exact) mass is 548 g/mol. The van der Waals surface area contributed by atoms with Gasteiger partial charge in [0.2, 0.25) is 11.8 Å². The number of nitrogens with one attached hydrogen (secondary N) is 2. The van der Waals surface area contributed by atoms with Gasteiger partial charge in [-0.3, -0.25) is 9.59 Å². The molecule has 8 nitrogen and oxygen atoms in total. The molecule has 8 heteroatoms. The molecule has 4 aliphatic rings. The zero-order chi connectivity index (χ0) is 28.5. The number of aliphatic hydroxyl groups excluding tert-OH is 2. The van der Waals surface area contributed by atoms with Crippen molar-refractivity contribution in [2.75, 3.05) is 6.54 Å². The third-order valence-corrected chi connectivity index (χ3v) is 11.9. The fourth-order valence-electron chi connectivity index (χ4n) is 9.94. The molecule has 0 aromatic carbocycles. The molecule has 0 radical (unpaired) electrons. The van der Waals surface area contributed by atoms with Crippen molar-refractivity contribution in [1.82, 2.24) is 10.6 Å². The van der Waals surface area contributed by atoms with Crippen LogP contribution in [0.2, 0.25) is 0 Å². The molecule has 0 unspecified atom stereocenters. The highest BCUT2D eigenvalue weighted by atomic mass is 16.4. The highest BCUT2D eigenvalue weighted by Crippen LogP contribution is 2.68. The minimum atomic E-state index is -1.06. The predicted molar refractivity (Wildman–Crippen MR) is 148 cm³/mol. The van der Waals surface area contributed by atoms with Gasteiger partial charge >= 0.3 is 5.97 Å². The second kappa shape index (κ2) is 12.1. The van der Waals surface area contributed by atoms with Crippen molar-refractivity contribution in [2.45, 2.75) is 123 Å². The average molecular weight is 549 g/mol. The Morgan fingerprint density at radius 3 is 2.31 bits per heavy atom. The summed E-state index contributed by atoms with van der Waals surface area (Å²) in [6.45, 7) is 8.90. The predicted octanol–water partition coefficient (Wildman–Crippen LogP) is 3.88. The lowest BCUT2D eigenvalue weighted by Crippen LogP contribution is -2.58. The van der Waals surface area contributed by atoms with Crippen LogP contribution < -0.4 is 10.6 Å². The lowest BCUT2D eigenvalue weighted by molar-refractivity contribution is -0.172. The summed E-state index contributed by atoms with van der Waals surface area (Å²) >= 11 is 0. The van der Waals surface area contributed by atoms with Crippen LogP contribution >= 0.6 is 0 Å². The van der Waals surface area contributed by atoms with Gasteiger partial charge in [0.25, 0.3) is 0 Å². The first-order chi connectivity index (χ1) is 18.4. The standard InChI is InChI=1S/C31H52N2O6/c1-18(7-10-28(37)32-15-5-6-26(29(38)39)33-19(2)34)22-8-9-23-21-17-27(36)25-16-20(35)11-13-31(25,4)24(21)12-14-30(22,23)3/h18,20-27,35-36H,5-17H2,1-4H3,(H,32,37)(H,33,34)(H,38,39)/t18-,20-,21+,22-,23+,24+,25+,26+,27+,30-,31-/m1/s1. The minimum Gasteiger partial charge on any atom is -0.480 e. The van der Waals surface area contributed by atoms with Gasteiger partial charge in [-0.25, -0.2) is 4.79 Å². The topological polar surface area (TPSA) is 136 Å². The van der Waals surface area contributed by atoms with E-state index in [4.69, 9.17) is 0 Å². The number of carboxylic acid groups (broad SMARTS) is 1. The van der Waals surface area contributed by atoms with Crippen LogP contribution in [-0.2, 0) is 14.4 Å². The fourth-order valence-corrected chi connectivity index (χ4v) is 9.94.